The van der Waals surface area contributed by atoms with Gasteiger partial charge >= 0.3 is 0 Å². The Kier molecular flexibility index (Phi) is 6.04. The van der Waals surface area contributed by atoms with Crippen molar-refractivity contribution in [2.45, 2.75) is 12.8 Å². The van der Waals surface area contributed by atoms with Gasteiger partial charge in [0.25, 0.3) is 0 Å². The summed E-state index contributed by atoms with van der Waals surface area (Å²) < 4.78 is 11.1. The lowest BCUT2D eigenvalue weighted by atomic mass is 10.2. The van der Waals surface area contributed by atoms with Crippen molar-refractivity contribution < 1.29 is 13.9 Å². The van der Waals surface area contributed by atoms with Crippen molar-refractivity contribution in [1.82, 2.24) is 10.2 Å². The smallest absolute Gasteiger partial charge is 0.220 e. The van der Waals surface area contributed by atoms with Crippen LogP contribution in [0.1, 0.15) is 12.2 Å². The van der Waals surface area contributed by atoms with E-state index in [4.69, 9.17) is 9.15 Å². The van der Waals surface area contributed by atoms with E-state index in [1.807, 2.05) is 42.5 Å². The number of hydrogen-bond donors (Lipinski definition) is 1. The van der Waals surface area contributed by atoms with Gasteiger partial charge in [-0.25, -0.2) is 0 Å². The molecule has 5 heteroatoms. The molecule has 2 heterocycles. The molecule has 5 nitrogen and oxygen atoms in total. The topological polar surface area (TPSA) is 54.7 Å². The molecular weight excluding hydrogens is 304 g/mol. The normalized spacial score (nSPS) is 15.3. The number of benzene rings is 1. The number of amides is 1. The molecule has 1 saturated heterocycles. The number of nitrogens with one attached hydrogen (secondary N) is 1. The third-order valence-corrected chi connectivity index (χ3v) is 4.17. The Morgan fingerprint density at radius 1 is 1.08 bits per heavy atom. The standard InChI is InChI=1S/C19H24N2O3/c22-19(20-10-11-21-12-14-23-15-13-21)9-7-17-6-8-18(24-17)16-4-2-1-3-5-16/h1-6,8H,7,9-15H2,(H,20,22). The van der Waals surface area contributed by atoms with Crippen LogP contribution in [0.3, 0.4) is 0 Å². The fourth-order valence-corrected chi connectivity index (χ4v) is 2.77. The maximum Gasteiger partial charge on any atom is 0.220 e. The molecule has 0 saturated carbocycles. The molecule has 0 radical (unpaired) electrons. The van der Waals surface area contributed by atoms with Crippen LogP contribution in [0.4, 0.5) is 0 Å². The van der Waals surface area contributed by atoms with Gasteiger partial charge in [0.15, 0.2) is 0 Å². The molecule has 0 bridgehead atoms. The van der Waals surface area contributed by atoms with Crippen LogP contribution in [0.25, 0.3) is 11.3 Å². The summed E-state index contributed by atoms with van der Waals surface area (Å²) in [6.07, 6.45) is 1.07. The van der Waals surface area contributed by atoms with E-state index >= 15 is 0 Å². The highest BCUT2D eigenvalue weighted by atomic mass is 16.5. The Morgan fingerprint density at radius 3 is 2.67 bits per heavy atom. The molecule has 1 aliphatic heterocycles. The molecule has 1 aliphatic rings. The van der Waals surface area contributed by atoms with Crippen LogP contribution in [-0.4, -0.2) is 50.2 Å². The van der Waals surface area contributed by atoms with Crippen LogP contribution in [0.5, 0.6) is 0 Å². The van der Waals surface area contributed by atoms with Gasteiger partial charge in [-0.15, -0.1) is 0 Å². The summed E-state index contributed by atoms with van der Waals surface area (Å²) >= 11 is 0. The van der Waals surface area contributed by atoms with Crippen LogP contribution < -0.4 is 5.32 Å². The molecule has 128 valence electrons. The van der Waals surface area contributed by atoms with E-state index in [2.05, 4.69) is 10.2 Å². The molecule has 2 aromatic rings. The van der Waals surface area contributed by atoms with E-state index in [0.29, 0.717) is 19.4 Å². The zero-order valence-electron chi connectivity index (χ0n) is 13.9. The fourth-order valence-electron chi connectivity index (χ4n) is 2.77. The van der Waals surface area contributed by atoms with E-state index in [-0.39, 0.29) is 5.91 Å². The van der Waals surface area contributed by atoms with Gasteiger partial charge in [-0.05, 0) is 12.1 Å². The van der Waals surface area contributed by atoms with Crippen LogP contribution >= 0.6 is 0 Å². The second-order valence-corrected chi connectivity index (χ2v) is 5.94. The zero-order chi connectivity index (χ0) is 16.6. The minimum atomic E-state index is 0.0703. The molecule has 1 aromatic heterocycles. The van der Waals surface area contributed by atoms with Gasteiger partial charge in [0.2, 0.25) is 5.91 Å². The highest BCUT2D eigenvalue weighted by molar-refractivity contribution is 5.76. The lowest BCUT2D eigenvalue weighted by Gasteiger charge is -2.26. The van der Waals surface area contributed by atoms with Crippen LogP contribution in [0, 0.1) is 0 Å². The van der Waals surface area contributed by atoms with Gasteiger partial charge in [0.05, 0.1) is 13.2 Å². The zero-order valence-corrected chi connectivity index (χ0v) is 13.9. The summed E-state index contributed by atoms with van der Waals surface area (Å²) in [6.45, 7) is 5.04. The molecule has 1 N–H and O–H groups in total. The maximum absolute atomic E-state index is 11.9. The first-order valence-corrected chi connectivity index (χ1v) is 8.52. The summed E-state index contributed by atoms with van der Waals surface area (Å²) in [5.74, 6) is 1.76. The van der Waals surface area contributed by atoms with E-state index in [1.165, 1.54) is 0 Å². The Bertz CT molecular complexity index is 633. The molecule has 0 unspecified atom stereocenters. The minimum absolute atomic E-state index is 0.0703. The second-order valence-electron chi connectivity index (χ2n) is 5.94. The Hall–Kier alpha value is -2.11. The predicted octanol–water partition coefficient (Wildman–Crippen LogP) is 2.33. The van der Waals surface area contributed by atoms with E-state index in [1.54, 1.807) is 0 Å². The number of nitrogens with zero attached hydrogens (tertiary/aromatic N) is 1. The lowest BCUT2D eigenvalue weighted by Crippen LogP contribution is -2.41. The van der Waals surface area contributed by atoms with Crippen LogP contribution in [0.2, 0.25) is 0 Å². The highest BCUT2D eigenvalue weighted by Crippen LogP contribution is 2.22. The number of carbonyl (C=O) groups excluding carboxylic acids is 1. The van der Waals surface area contributed by atoms with Crippen molar-refractivity contribution in [2.75, 3.05) is 39.4 Å². The highest BCUT2D eigenvalue weighted by Gasteiger charge is 2.11. The van der Waals surface area contributed by atoms with Crippen molar-refractivity contribution in [3.05, 3.63) is 48.2 Å². The number of rotatable bonds is 7. The average Bonchev–Trinajstić information content (AvgIpc) is 3.11. The fraction of sp³-hybridized carbons (Fsp3) is 0.421. The van der Waals surface area contributed by atoms with Gasteiger partial charge in [-0.3, -0.25) is 9.69 Å². The van der Waals surface area contributed by atoms with Gasteiger partial charge in [0, 0.05) is 44.6 Å². The van der Waals surface area contributed by atoms with Gasteiger partial charge in [-0.1, -0.05) is 30.3 Å². The molecule has 3 rings (SSSR count). The molecule has 0 spiro atoms. The van der Waals surface area contributed by atoms with Crippen molar-refractivity contribution in [3.8, 4) is 11.3 Å². The monoisotopic (exact) mass is 328 g/mol. The first-order chi connectivity index (χ1) is 11.8. The average molecular weight is 328 g/mol. The molecule has 1 fully saturated rings. The molecule has 1 amide bonds. The number of aryl methyl sites for hydroxylation is 1. The molecule has 1 aromatic carbocycles. The number of furan rings is 1. The van der Waals surface area contributed by atoms with Crippen molar-refractivity contribution in [2.24, 2.45) is 0 Å². The van der Waals surface area contributed by atoms with Crippen LogP contribution in [0.15, 0.2) is 46.9 Å². The quantitative estimate of drug-likeness (QED) is 0.847. The Morgan fingerprint density at radius 2 is 1.88 bits per heavy atom. The summed E-state index contributed by atoms with van der Waals surface area (Å²) in [5.41, 5.74) is 1.05. The van der Waals surface area contributed by atoms with Gasteiger partial charge < -0.3 is 14.5 Å². The molecule has 24 heavy (non-hydrogen) atoms. The molecule has 0 atom stereocenters. The largest absolute Gasteiger partial charge is 0.461 e. The number of hydrogen-bond acceptors (Lipinski definition) is 4. The van der Waals surface area contributed by atoms with Crippen molar-refractivity contribution in [1.29, 1.82) is 0 Å². The third-order valence-electron chi connectivity index (χ3n) is 4.17. The molecular formula is C19H24N2O3. The van der Waals surface area contributed by atoms with Gasteiger partial charge in [0.1, 0.15) is 11.5 Å². The summed E-state index contributed by atoms with van der Waals surface area (Å²) in [5, 5.41) is 2.98. The third kappa shape index (κ3) is 4.94. The summed E-state index contributed by atoms with van der Waals surface area (Å²) in [7, 11) is 0. The minimum Gasteiger partial charge on any atom is -0.461 e. The maximum atomic E-state index is 11.9. The predicted molar refractivity (Wildman–Crippen MR) is 92.7 cm³/mol. The Labute approximate surface area is 142 Å². The number of ether oxygens (including phenoxy) is 1. The summed E-state index contributed by atoms with van der Waals surface area (Å²) in [6, 6.07) is 13.9. The SMILES string of the molecule is O=C(CCc1ccc(-c2ccccc2)o1)NCCN1CCOCC1. The van der Waals surface area contributed by atoms with Crippen molar-refractivity contribution >= 4 is 5.91 Å². The van der Waals surface area contributed by atoms with Gasteiger partial charge in [-0.2, -0.15) is 0 Å². The Balaban J connectivity index is 1.38. The number of morpholine rings is 1. The molecule has 0 aliphatic carbocycles. The lowest BCUT2D eigenvalue weighted by molar-refractivity contribution is -0.121. The second kappa shape index (κ2) is 8.66. The van der Waals surface area contributed by atoms with E-state index < -0.39 is 0 Å². The van der Waals surface area contributed by atoms with Crippen molar-refractivity contribution in [3.63, 3.8) is 0 Å². The first-order valence-electron chi connectivity index (χ1n) is 8.52. The number of carbonyl (C=O) groups is 1. The van der Waals surface area contributed by atoms with E-state index in [0.717, 1.165) is 49.9 Å². The van der Waals surface area contributed by atoms with Crippen LogP contribution in [-0.2, 0) is 16.0 Å². The summed E-state index contributed by atoms with van der Waals surface area (Å²) in [4.78, 5) is 14.2. The first kappa shape index (κ1) is 16.7. The van der Waals surface area contributed by atoms with E-state index in [9.17, 15) is 4.79 Å².